The van der Waals surface area contributed by atoms with Crippen molar-refractivity contribution in [3.05, 3.63) is 40.4 Å². The van der Waals surface area contributed by atoms with E-state index in [-0.39, 0.29) is 0 Å². The smallest absolute Gasteiger partial charge is 0.120 e. The van der Waals surface area contributed by atoms with E-state index in [4.69, 9.17) is 11.6 Å². The van der Waals surface area contributed by atoms with Gasteiger partial charge in [0.05, 0.1) is 0 Å². The largest absolute Gasteiger partial charge is 0.508 e. The molecular formula is C14H18ClNO. The summed E-state index contributed by atoms with van der Waals surface area (Å²) in [6, 6.07) is 5.14. The Kier molecular flexibility index (Phi) is 4.46. The third-order valence-electron chi connectivity index (χ3n) is 3.11. The molecule has 0 saturated heterocycles. The van der Waals surface area contributed by atoms with Crippen molar-refractivity contribution in [1.29, 1.82) is 0 Å². The Labute approximate surface area is 107 Å². The van der Waals surface area contributed by atoms with E-state index in [1.807, 2.05) is 0 Å². The van der Waals surface area contributed by atoms with Crippen molar-refractivity contribution in [3.8, 4) is 5.75 Å². The molecule has 2 rings (SSSR count). The molecule has 2 nitrogen and oxygen atoms in total. The van der Waals surface area contributed by atoms with Gasteiger partial charge in [-0.2, -0.15) is 0 Å². The molecule has 0 unspecified atom stereocenters. The van der Waals surface area contributed by atoms with E-state index in [9.17, 15) is 5.11 Å². The Morgan fingerprint density at radius 2 is 2.24 bits per heavy atom. The molecule has 17 heavy (non-hydrogen) atoms. The van der Waals surface area contributed by atoms with Gasteiger partial charge in [-0.1, -0.05) is 23.3 Å². The van der Waals surface area contributed by atoms with E-state index in [2.05, 4.69) is 11.4 Å². The van der Waals surface area contributed by atoms with Crippen LogP contribution < -0.4 is 5.32 Å². The number of nitrogens with one attached hydrogen (secondary N) is 1. The van der Waals surface area contributed by atoms with E-state index >= 15 is 0 Å². The Morgan fingerprint density at radius 1 is 1.35 bits per heavy atom. The predicted molar refractivity (Wildman–Crippen MR) is 71.4 cm³/mol. The number of allylic oxidation sites excluding steroid dienone is 1. The van der Waals surface area contributed by atoms with Crippen LogP contribution in [0.15, 0.2) is 29.8 Å². The average molecular weight is 252 g/mol. The van der Waals surface area contributed by atoms with Crippen molar-refractivity contribution in [3.63, 3.8) is 0 Å². The van der Waals surface area contributed by atoms with Crippen LogP contribution in [0.3, 0.4) is 0 Å². The molecule has 0 fully saturated rings. The van der Waals surface area contributed by atoms with Gasteiger partial charge in [0, 0.05) is 17.1 Å². The number of benzene rings is 1. The van der Waals surface area contributed by atoms with Crippen molar-refractivity contribution in [2.24, 2.45) is 0 Å². The molecule has 0 spiro atoms. The quantitative estimate of drug-likeness (QED) is 0.619. The zero-order valence-corrected chi connectivity index (χ0v) is 10.6. The average Bonchev–Trinajstić information content (AvgIpc) is 2.82. The van der Waals surface area contributed by atoms with Gasteiger partial charge in [0.2, 0.25) is 0 Å². The second-order valence-corrected chi connectivity index (χ2v) is 4.89. The summed E-state index contributed by atoms with van der Waals surface area (Å²) in [7, 11) is 0. The number of hydrogen-bond acceptors (Lipinski definition) is 2. The summed E-state index contributed by atoms with van der Waals surface area (Å²) in [5.41, 5.74) is 2.42. The minimum atomic E-state index is 0.307. The Balaban J connectivity index is 1.75. The first-order valence-corrected chi connectivity index (χ1v) is 6.49. The first kappa shape index (κ1) is 12.5. The lowest BCUT2D eigenvalue weighted by atomic mass is 10.1. The lowest BCUT2D eigenvalue weighted by Gasteiger charge is -2.07. The fourth-order valence-electron chi connectivity index (χ4n) is 2.13. The summed E-state index contributed by atoms with van der Waals surface area (Å²) in [5.74, 6) is 0.307. The molecular weight excluding hydrogens is 234 g/mol. The summed E-state index contributed by atoms with van der Waals surface area (Å²) in [4.78, 5) is 0. The molecule has 0 atom stereocenters. The molecule has 1 aliphatic carbocycles. The molecule has 0 aromatic heterocycles. The molecule has 0 bridgehead atoms. The molecule has 1 aromatic carbocycles. The van der Waals surface area contributed by atoms with Gasteiger partial charge in [0.1, 0.15) is 5.75 Å². The highest BCUT2D eigenvalue weighted by molar-refractivity contribution is 6.30. The van der Waals surface area contributed by atoms with Gasteiger partial charge in [-0.05, 0) is 50.4 Å². The van der Waals surface area contributed by atoms with Gasteiger partial charge in [-0.3, -0.25) is 0 Å². The molecule has 0 aliphatic heterocycles. The highest BCUT2D eigenvalue weighted by Crippen LogP contribution is 2.22. The monoisotopic (exact) mass is 251 g/mol. The minimum absolute atomic E-state index is 0.307. The van der Waals surface area contributed by atoms with Crippen LogP contribution in [0.4, 0.5) is 0 Å². The first-order chi connectivity index (χ1) is 8.25. The Morgan fingerprint density at radius 3 is 3.00 bits per heavy atom. The van der Waals surface area contributed by atoms with Crippen LogP contribution in [-0.2, 0) is 6.54 Å². The van der Waals surface area contributed by atoms with Gasteiger partial charge in [-0.25, -0.2) is 0 Å². The predicted octanol–water partition coefficient (Wildman–Crippen LogP) is 3.64. The second kappa shape index (κ2) is 6.08. The number of hydrogen-bond donors (Lipinski definition) is 2. The van der Waals surface area contributed by atoms with Gasteiger partial charge in [-0.15, -0.1) is 0 Å². The normalized spacial score (nSPS) is 15.0. The summed E-state index contributed by atoms with van der Waals surface area (Å²) in [6.07, 6.45) is 7.26. The Hall–Kier alpha value is -0.990. The van der Waals surface area contributed by atoms with Crippen molar-refractivity contribution in [2.45, 2.75) is 32.2 Å². The first-order valence-electron chi connectivity index (χ1n) is 6.12. The maximum absolute atomic E-state index is 9.64. The number of aromatic hydroxyl groups is 1. The molecule has 3 heteroatoms. The number of phenolic OH excluding ortho intramolecular Hbond substituents is 1. The van der Waals surface area contributed by atoms with Crippen LogP contribution in [0, 0.1) is 0 Å². The fraction of sp³-hybridized carbons (Fsp3) is 0.429. The van der Waals surface area contributed by atoms with Gasteiger partial charge in [0.15, 0.2) is 0 Å². The summed E-state index contributed by atoms with van der Waals surface area (Å²) in [6.45, 7) is 1.62. The number of halogens is 1. The van der Waals surface area contributed by atoms with E-state index in [1.165, 1.54) is 19.3 Å². The van der Waals surface area contributed by atoms with Crippen molar-refractivity contribution in [1.82, 2.24) is 5.32 Å². The van der Waals surface area contributed by atoms with E-state index in [0.717, 1.165) is 18.5 Å². The van der Waals surface area contributed by atoms with E-state index in [1.54, 1.807) is 23.8 Å². The van der Waals surface area contributed by atoms with Gasteiger partial charge in [0.25, 0.3) is 0 Å². The highest BCUT2D eigenvalue weighted by Gasteiger charge is 2.05. The van der Waals surface area contributed by atoms with Gasteiger partial charge < -0.3 is 10.4 Å². The molecule has 2 N–H and O–H groups in total. The highest BCUT2D eigenvalue weighted by atomic mass is 35.5. The molecule has 0 amide bonds. The molecule has 0 radical (unpaired) electrons. The summed E-state index contributed by atoms with van der Waals surface area (Å²) < 4.78 is 0. The molecule has 0 heterocycles. The summed E-state index contributed by atoms with van der Waals surface area (Å²) >= 11 is 5.89. The second-order valence-electron chi connectivity index (χ2n) is 4.45. The third kappa shape index (κ3) is 3.76. The molecule has 92 valence electrons. The zero-order valence-electron chi connectivity index (χ0n) is 9.88. The van der Waals surface area contributed by atoms with Crippen molar-refractivity contribution >= 4 is 11.6 Å². The number of rotatable bonds is 5. The topological polar surface area (TPSA) is 32.3 Å². The maximum Gasteiger partial charge on any atom is 0.120 e. The third-order valence-corrected chi connectivity index (χ3v) is 3.35. The minimum Gasteiger partial charge on any atom is -0.508 e. The van der Waals surface area contributed by atoms with Crippen molar-refractivity contribution < 1.29 is 5.11 Å². The van der Waals surface area contributed by atoms with Crippen LogP contribution in [0.25, 0.3) is 0 Å². The lowest BCUT2D eigenvalue weighted by molar-refractivity contribution is 0.464. The SMILES string of the molecule is Oc1ccc(Cl)cc1CNCCC1=CCCC1. The standard InChI is InChI=1S/C14H18ClNO/c15-13-5-6-14(17)12(9-13)10-16-8-7-11-3-1-2-4-11/h3,5-6,9,16-17H,1-2,4,7-8,10H2. The Bertz CT molecular complexity index is 415. The number of phenols is 1. The van der Waals surface area contributed by atoms with Crippen LogP contribution in [0.1, 0.15) is 31.2 Å². The lowest BCUT2D eigenvalue weighted by Crippen LogP contribution is -2.15. The van der Waals surface area contributed by atoms with Crippen LogP contribution in [0.2, 0.25) is 5.02 Å². The summed E-state index contributed by atoms with van der Waals surface area (Å²) in [5, 5.41) is 13.6. The fourth-order valence-corrected chi connectivity index (χ4v) is 2.33. The maximum atomic E-state index is 9.64. The van der Waals surface area contributed by atoms with E-state index in [0.29, 0.717) is 17.3 Å². The molecule has 0 saturated carbocycles. The van der Waals surface area contributed by atoms with Crippen LogP contribution in [0.5, 0.6) is 5.75 Å². The van der Waals surface area contributed by atoms with Crippen molar-refractivity contribution in [2.75, 3.05) is 6.54 Å². The van der Waals surface area contributed by atoms with Crippen LogP contribution in [-0.4, -0.2) is 11.7 Å². The van der Waals surface area contributed by atoms with Gasteiger partial charge >= 0.3 is 0 Å². The molecule has 1 aliphatic rings. The molecule has 1 aromatic rings. The van der Waals surface area contributed by atoms with E-state index < -0.39 is 0 Å². The zero-order chi connectivity index (χ0) is 12.1. The van der Waals surface area contributed by atoms with Crippen LogP contribution >= 0.6 is 11.6 Å².